The van der Waals surface area contributed by atoms with E-state index < -0.39 is 18.6 Å². The maximum atomic E-state index is 12.2. The molecule has 0 amide bonds. The van der Waals surface area contributed by atoms with Gasteiger partial charge in [0.25, 0.3) is 0 Å². The smallest absolute Gasteiger partial charge is 0.393 e. The number of thiazole rings is 1. The van der Waals surface area contributed by atoms with Crippen LogP contribution in [0.5, 0.6) is 0 Å². The maximum absolute atomic E-state index is 12.2. The van der Waals surface area contributed by atoms with Gasteiger partial charge in [-0.05, 0) is 6.92 Å². The molecule has 90 valence electrons. The van der Waals surface area contributed by atoms with Crippen LogP contribution in [0.4, 0.5) is 13.2 Å². The topological polar surface area (TPSA) is 39.2 Å². The van der Waals surface area contributed by atoms with Gasteiger partial charge in [-0.1, -0.05) is 11.6 Å². The van der Waals surface area contributed by atoms with E-state index in [4.69, 9.17) is 11.6 Å². The van der Waals surface area contributed by atoms with Crippen LogP contribution in [0, 0.1) is 0 Å². The third-order valence-corrected chi connectivity index (χ3v) is 2.66. The molecule has 0 saturated carbocycles. The predicted molar refractivity (Wildman–Crippen MR) is 52.8 cm³/mol. The molecule has 0 saturated heterocycles. The zero-order valence-corrected chi connectivity index (χ0v) is 9.67. The third-order valence-electron chi connectivity index (χ3n) is 1.50. The zero-order valence-electron chi connectivity index (χ0n) is 8.10. The molecular weight excluding hydrogens is 267 g/mol. The number of nitrogens with zero attached hydrogens (tertiary/aromatic N) is 1. The van der Waals surface area contributed by atoms with Crippen LogP contribution < -0.4 is 0 Å². The number of rotatable bonds is 3. The average molecular weight is 274 g/mol. The van der Waals surface area contributed by atoms with Crippen molar-refractivity contribution in [1.29, 1.82) is 0 Å². The molecule has 8 heteroatoms. The summed E-state index contributed by atoms with van der Waals surface area (Å²) in [4.78, 5) is 14.6. The third kappa shape index (κ3) is 3.64. The van der Waals surface area contributed by atoms with Crippen LogP contribution in [0.15, 0.2) is 0 Å². The van der Waals surface area contributed by atoms with Gasteiger partial charge in [0.2, 0.25) is 0 Å². The minimum Gasteiger partial charge on any atom is -0.461 e. The van der Waals surface area contributed by atoms with Gasteiger partial charge in [0.05, 0.1) is 13.0 Å². The maximum Gasteiger partial charge on any atom is 0.393 e. The highest BCUT2D eigenvalue weighted by Crippen LogP contribution is 2.30. The quantitative estimate of drug-likeness (QED) is 0.795. The van der Waals surface area contributed by atoms with Crippen LogP contribution in [-0.4, -0.2) is 23.7 Å². The Balaban J connectivity index is 2.96. The highest BCUT2D eigenvalue weighted by Gasteiger charge is 2.32. The zero-order chi connectivity index (χ0) is 12.3. The summed E-state index contributed by atoms with van der Waals surface area (Å²) in [6, 6.07) is 0. The summed E-state index contributed by atoms with van der Waals surface area (Å²) in [7, 11) is 0. The largest absolute Gasteiger partial charge is 0.461 e. The molecule has 0 radical (unpaired) electrons. The molecule has 3 nitrogen and oxygen atoms in total. The molecule has 0 aliphatic heterocycles. The molecule has 1 heterocycles. The Morgan fingerprint density at radius 2 is 2.19 bits per heavy atom. The molecule has 0 unspecified atom stereocenters. The van der Waals surface area contributed by atoms with Gasteiger partial charge >= 0.3 is 12.1 Å². The van der Waals surface area contributed by atoms with Gasteiger partial charge in [-0.15, -0.1) is 11.3 Å². The number of esters is 1. The van der Waals surface area contributed by atoms with E-state index in [0.717, 1.165) is 0 Å². The Hall–Kier alpha value is -0.820. The van der Waals surface area contributed by atoms with Gasteiger partial charge in [-0.2, -0.15) is 13.2 Å². The molecule has 0 aliphatic rings. The minimum absolute atomic E-state index is 0.0689. The molecule has 1 aromatic rings. The van der Waals surface area contributed by atoms with Gasteiger partial charge in [-0.25, -0.2) is 9.78 Å². The second-order valence-electron chi connectivity index (χ2n) is 2.75. The molecular formula is C8H7ClF3NO2S. The Morgan fingerprint density at radius 1 is 1.56 bits per heavy atom. The summed E-state index contributed by atoms with van der Waals surface area (Å²) in [5, 5.41) is 0. The first-order chi connectivity index (χ1) is 7.33. The van der Waals surface area contributed by atoms with Crippen molar-refractivity contribution in [3.63, 3.8) is 0 Å². The SMILES string of the molecule is CCOC(=O)c1nc(Cl)sc1CC(F)(F)F. The lowest BCUT2D eigenvalue weighted by molar-refractivity contribution is -0.126. The highest BCUT2D eigenvalue weighted by atomic mass is 35.5. The van der Waals surface area contributed by atoms with Gasteiger partial charge in [-0.3, -0.25) is 0 Å². The molecule has 0 atom stereocenters. The summed E-state index contributed by atoms with van der Waals surface area (Å²) in [6.45, 7) is 1.62. The van der Waals surface area contributed by atoms with Gasteiger partial charge in [0.15, 0.2) is 10.2 Å². The standard InChI is InChI=1S/C8H7ClF3NO2S/c1-2-15-6(14)5-4(3-8(10,11)12)16-7(9)13-5/h2-3H2,1H3. The average Bonchev–Trinajstić information content (AvgIpc) is 2.44. The monoisotopic (exact) mass is 273 g/mol. The highest BCUT2D eigenvalue weighted by molar-refractivity contribution is 7.16. The van der Waals surface area contributed by atoms with Crippen molar-refractivity contribution in [3.8, 4) is 0 Å². The predicted octanol–water partition coefficient (Wildman–Crippen LogP) is 3.08. The molecule has 0 spiro atoms. The van der Waals surface area contributed by atoms with Crippen molar-refractivity contribution >= 4 is 28.9 Å². The van der Waals surface area contributed by atoms with Gasteiger partial charge in [0, 0.05) is 4.88 Å². The summed E-state index contributed by atoms with van der Waals surface area (Å²) in [5.74, 6) is -0.884. The van der Waals surface area contributed by atoms with E-state index in [1.54, 1.807) is 6.92 Å². The number of aromatic nitrogens is 1. The normalized spacial score (nSPS) is 11.6. The molecule has 1 rings (SSSR count). The van der Waals surface area contributed by atoms with E-state index in [9.17, 15) is 18.0 Å². The van der Waals surface area contributed by atoms with Crippen molar-refractivity contribution in [3.05, 3.63) is 15.0 Å². The lowest BCUT2D eigenvalue weighted by Crippen LogP contribution is -2.15. The molecule has 0 bridgehead atoms. The summed E-state index contributed by atoms with van der Waals surface area (Å²) < 4.78 is 41.0. The number of carbonyl (C=O) groups is 1. The van der Waals surface area contributed by atoms with Crippen molar-refractivity contribution < 1.29 is 22.7 Å². The first-order valence-corrected chi connectivity index (χ1v) is 5.42. The van der Waals surface area contributed by atoms with E-state index in [-0.39, 0.29) is 21.6 Å². The first kappa shape index (κ1) is 13.2. The van der Waals surface area contributed by atoms with Crippen molar-refractivity contribution in [2.24, 2.45) is 0 Å². The number of halogens is 4. The van der Waals surface area contributed by atoms with Crippen LogP contribution in [-0.2, 0) is 11.2 Å². The van der Waals surface area contributed by atoms with E-state index in [1.165, 1.54) is 0 Å². The molecule has 0 aromatic carbocycles. The van der Waals surface area contributed by atoms with Gasteiger partial charge in [0.1, 0.15) is 0 Å². The fraction of sp³-hybridized carbons (Fsp3) is 0.500. The number of ether oxygens (including phenoxy) is 1. The number of alkyl halides is 3. The second kappa shape index (κ2) is 5.01. The Bertz CT molecular complexity index is 391. The number of carbonyl (C=O) groups excluding carboxylic acids is 1. The van der Waals surface area contributed by atoms with Crippen LogP contribution in [0.25, 0.3) is 0 Å². The lowest BCUT2D eigenvalue weighted by atomic mass is 10.3. The van der Waals surface area contributed by atoms with E-state index in [0.29, 0.717) is 11.3 Å². The van der Waals surface area contributed by atoms with Crippen LogP contribution in [0.3, 0.4) is 0 Å². The van der Waals surface area contributed by atoms with Gasteiger partial charge < -0.3 is 4.74 Å². The van der Waals surface area contributed by atoms with Crippen LogP contribution >= 0.6 is 22.9 Å². The number of hydrogen-bond acceptors (Lipinski definition) is 4. The van der Waals surface area contributed by atoms with Crippen LogP contribution in [0.2, 0.25) is 4.47 Å². The molecule has 0 aliphatic carbocycles. The summed E-state index contributed by atoms with van der Waals surface area (Å²) in [6.07, 6.45) is -5.64. The van der Waals surface area contributed by atoms with E-state index in [1.807, 2.05) is 0 Å². The van der Waals surface area contributed by atoms with Crippen LogP contribution in [0.1, 0.15) is 22.3 Å². The molecule has 16 heavy (non-hydrogen) atoms. The molecule has 1 aromatic heterocycles. The summed E-state index contributed by atoms with van der Waals surface area (Å²) in [5.41, 5.74) is -0.353. The Kier molecular flexibility index (Phi) is 4.15. The van der Waals surface area contributed by atoms with Crippen molar-refractivity contribution in [1.82, 2.24) is 4.98 Å². The number of hydrogen-bond donors (Lipinski definition) is 0. The molecule has 0 fully saturated rings. The lowest BCUT2D eigenvalue weighted by Gasteiger charge is -2.05. The minimum atomic E-state index is -4.41. The Morgan fingerprint density at radius 3 is 2.69 bits per heavy atom. The van der Waals surface area contributed by atoms with E-state index in [2.05, 4.69) is 9.72 Å². The first-order valence-electron chi connectivity index (χ1n) is 4.22. The van der Waals surface area contributed by atoms with E-state index >= 15 is 0 Å². The fourth-order valence-corrected chi connectivity index (χ4v) is 2.15. The molecule has 0 N–H and O–H groups in total. The Labute approximate surface area is 98.2 Å². The fourth-order valence-electron chi connectivity index (χ4n) is 0.984. The second-order valence-corrected chi connectivity index (χ2v) is 4.42. The van der Waals surface area contributed by atoms with Crippen molar-refractivity contribution in [2.45, 2.75) is 19.5 Å². The van der Waals surface area contributed by atoms with Crippen molar-refractivity contribution in [2.75, 3.05) is 6.61 Å². The summed E-state index contributed by atoms with van der Waals surface area (Å²) >= 11 is 6.10.